The second-order valence-electron chi connectivity index (χ2n) is 4.49. The Morgan fingerprint density at radius 1 is 1.38 bits per heavy atom. The van der Waals surface area contributed by atoms with Crippen LogP contribution in [-0.4, -0.2) is 10.9 Å². The molecule has 0 aromatic heterocycles. The molecule has 21 heavy (non-hydrogen) atoms. The Bertz CT molecular complexity index is 561. The van der Waals surface area contributed by atoms with Gasteiger partial charge in [-0.15, -0.1) is 0 Å². The van der Waals surface area contributed by atoms with Crippen LogP contribution in [0.5, 0.6) is 0 Å². The number of thioether (sulfide) groups is 1. The maximum Gasteiger partial charge on any atom is 0.231 e. The molecule has 0 heterocycles. The summed E-state index contributed by atoms with van der Waals surface area (Å²) in [6.45, 7) is 5.76. The summed E-state index contributed by atoms with van der Waals surface area (Å²) in [5.74, 6) is 0.668. The van der Waals surface area contributed by atoms with E-state index in [2.05, 4.69) is 28.2 Å². The lowest BCUT2D eigenvalue weighted by Crippen LogP contribution is -2.21. The Labute approximate surface area is 138 Å². The first-order chi connectivity index (χ1) is 10.0. The molecule has 1 atom stereocenters. The number of carbonyl (C=O) groups is 1. The molecule has 0 radical (unpaired) electrons. The maximum atomic E-state index is 11.9. The van der Waals surface area contributed by atoms with Gasteiger partial charge in [-0.25, -0.2) is 0 Å². The molecule has 1 rings (SSSR count). The van der Waals surface area contributed by atoms with Gasteiger partial charge in [0.15, 0.2) is 0 Å². The molecule has 0 fully saturated rings. The smallest absolute Gasteiger partial charge is 0.231 e. The van der Waals surface area contributed by atoms with Gasteiger partial charge in [0, 0.05) is 10.2 Å². The molecule has 1 N–H and O–H groups in total. The molecule has 0 aliphatic rings. The number of allylic oxidation sites excluding steroid dienone is 1. The number of hydrogen-bond acceptors (Lipinski definition) is 4. The van der Waals surface area contributed by atoms with Crippen molar-refractivity contribution in [3.63, 3.8) is 0 Å². The lowest BCUT2D eigenvalue weighted by Gasteiger charge is -2.20. The van der Waals surface area contributed by atoms with E-state index in [1.165, 1.54) is 0 Å². The molecule has 0 spiro atoms. The number of halogens is 1. The lowest BCUT2D eigenvalue weighted by molar-refractivity contribution is -0.107. The van der Waals surface area contributed by atoms with Gasteiger partial charge in [0.2, 0.25) is 5.12 Å². The minimum atomic E-state index is -0.171. The molecule has 0 aliphatic carbocycles. The van der Waals surface area contributed by atoms with E-state index >= 15 is 0 Å². The van der Waals surface area contributed by atoms with Crippen LogP contribution in [0.2, 0.25) is 0 Å². The summed E-state index contributed by atoms with van der Waals surface area (Å²) in [5.41, 5.74) is 1.98. The molecular formula is C16H19BrN2OS. The van der Waals surface area contributed by atoms with Crippen molar-refractivity contribution in [2.75, 3.05) is 5.75 Å². The predicted octanol–water partition coefficient (Wildman–Crippen LogP) is 4.57. The van der Waals surface area contributed by atoms with E-state index in [1.54, 1.807) is 6.92 Å². The summed E-state index contributed by atoms with van der Waals surface area (Å²) >= 11 is 4.58. The SMILES string of the molecule is CCSC(=O)/C(C#N)=C(\C)NC(CC)c1ccc(Br)cc1. The molecule has 0 bridgehead atoms. The lowest BCUT2D eigenvalue weighted by atomic mass is 10.0. The van der Waals surface area contributed by atoms with Crippen LogP contribution in [0.3, 0.4) is 0 Å². The number of rotatable bonds is 6. The minimum Gasteiger partial charge on any atom is -0.381 e. The van der Waals surface area contributed by atoms with Crippen LogP contribution in [-0.2, 0) is 4.79 Å². The Morgan fingerprint density at radius 3 is 2.48 bits per heavy atom. The average molecular weight is 367 g/mol. The largest absolute Gasteiger partial charge is 0.381 e. The highest BCUT2D eigenvalue weighted by atomic mass is 79.9. The van der Waals surface area contributed by atoms with E-state index in [4.69, 9.17) is 0 Å². The topological polar surface area (TPSA) is 52.9 Å². The van der Waals surface area contributed by atoms with Crippen molar-refractivity contribution in [3.8, 4) is 6.07 Å². The Morgan fingerprint density at radius 2 is 2.00 bits per heavy atom. The molecule has 0 aliphatic heterocycles. The van der Waals surface area contributed by atoms with Crippen LogP contribution in [0.15, 0.2) is 40.0 Å². The average Bonchev–Trinajstić information content (AvgIpc) is 2.47. The standard InChI is InChI=1S/C16H19BrN2OS/c1-4-15(12-6-8-13(17)9-7-12)19-11(3)14(10-18)16(20)21-5-2/h6-9,15,19H,4-5H2,1-3H3/b14-11+. The normalized spacial score (nSPS) is 13.1. The summed E-state index contributed by atoms with van der Waals surface area (Å²) in [7, 11) is 0. The van der Waals surface area contributed by atoms with Gasteiger partial charge in [0.1, 0.15) is 11.6 Å². The summed E-state index contributed by atoms with van der Waals surface area (Å²) < 4.78 is 1.03. The number of hydrogen-bond donors (Lipinski definition) is 1. The van der Waals surface area contributed by atoms with E-state index in [9.17, 15) is 10.1 Å². The third kappa shape index (κ3) is 5.22. The molecule has 1 unspecified atom stereocenters. The first-order valence-electron chi connectivity index (χ1n) is 6.83. The van der Waals surface area contributed by atoms with Crippen molar-refractivity contribution in [3.05, 3.63) is 45.6 Å². The van der Waals surface area contributed by atoms with E-state index < -0.39 is 0 Å². The zero-order valence-electron chi connectivity index (χ0n) is 12.4. The second-order valence-corrected chi connectivity index (χ2v) is 6.64. The van der Waals surface area contributed by atoms with Gasteiger partial charge < -0.3 is 5.32 Å². The summed E-state index contributed by atoms with van der Waals surface area (Å²) in [6, 6.07) is 10.1. The molecule has 1 aromatic rings. The van der Waals surface area contributed by atoms with Gasteiger partial charge in [-0.05, 0) is 36.8 Å². The second kappa shape index (κ2) is 8.91. The van der Waals surface area contributed by atoms with Crippen LogP contribution in [0, 0.1) is 11.3 Å². The highest BCUT2D eigenvalue weighted by Crippen LogP contribution is 2.22. The first kappa shape index (κ1) is 17.8. The third-order valence-electron chi connectivity index (χ3n) is 3.04. The number of nitriles is 1. The fourth-order valence-corrected chi connectivity index (χ4v) is 2.81. The highest BCUT2D eigenvalue weighted by molar-refractivity contribution is 9.10. The van der Waals surface area contributed by atoms with Gasteiger partial charge in [0.25, 0.3) is 0 Å². The maximum absolute atomic E-state index is 11.9. The van der Waals surface area contributed by atoms with Crippen molar-refractivity contribution in [2.45, 2.75) is 33.2 Å². The van der Waals surface area contributed by atoms with E-state index in [1.807, 2.05) is 37.3 Å². The quantitative estimate of drug-likeness (QED) is 0.591. The molecular weight excluding hydrogens is 348 g/mol. The summed E-state index contributed by atoms with van der Waals surface area (Å²) in [4.78, 5) is 11.9. The van der Waals surface area contributed by atoms with E-state index in [0.29, 0.717) is 11.4 Å². The molecule has 5 heteroatoms. The van der Waals surface area contributed by atoms with E-state index in [0.717, 1.165) is 28.2 Å². The Kier molecular flexibility index (Phi) is 7.55. The zero-order valence-corrected chi connectivity index (χ0v) is 14.8. The van der Waals surface area contributed by atoms with Crippen LogP contribution in [0.1, 0.15) is 38.8 Å². The molecule has 112 valence electrons. The monoisotopic (exact) mass is 366 g/mol. The van der Waals surface area contributed by atoms with Crippen LogP contribution < -0.4 is 5.32 Å². The summed E-state index contributed by atoms with van der Waals surface area (Å²) in [5, 5.41) is 12.3. The number of nitrogens with zero attached hydrogens (tertiary/aromatic N) is 1. The third-order valence-corrected chi connectivity index (χ3v) is 4.32. The van der Waals surface area contributed by atoms with Gasteiger partial charge in [-0.3, -0.25) is 4.79 Å². The van der Waals surface area contributed by atoms with Crippen molar-refractivity contribution in [2.24, 2.45) is 0 Å². The molecule has 0 saturated heterocycles. The Balaban J connectivity index is 2.96. The fourth-order valence-electron chi connectivity index (χ4n) is 1.94. The van der Waals surface area contributed by atoms with Crippen LogP contribution >= 0.6 is 27.7 Å². The van der Waals surface area contributed by atoms with Crippen molar-refractivity contribution in [1.29, 1.82) is 5.26 Å². The van der Waals surface area contributed by atoms with Crippen molar-refractivity contribution < 1.29 is 4.79 Å². The molecule has 0 saturated carbocycles. The van der Waals surface area contributed by atoms with Crippen molar-refractivity contribution >= 4 is 32.8 Å². The van der Waals surface area contributed by atoms with Gasteiger partial charge >= 0.3 is 0 Å². The zero-order chi connectivity index (χ0) is 15.8. The van der Waals surface area contributed by atoms with Crippen LogP contribution in [0.25, 0.3) is 0 Å². The van der Waals surface area contributed by atoms with Crippen molar-refractivity contribution in [1.82, 2.24) is 5.32 Å². The van der Waals surface area contributed by atoms with Gasteiger partial charge in [-0.2, -0.15) is 5.26 Å². The number of carbonyl (C=O) groups excluding carboxylic acids is 1. The fraction of sp³-hybridized carbons (Fsp3) is 0.375. The van der Waals surface area contributed by atoms with Crippen LogP contribution in [0.4, 0.5) is 0 Å². The van der Waals surface area contributed by atoms with E-state index in [-0.39, 0.29) is 16.7 Å². The minimum absolute atomic E-state index is 0.0841. The van der Waals surface area contributed by atoms with Gasteiger partial charge in [-0.1, -0.05) is 53.7 Å². The summed E-state index contributed by atoms with van der Waals surface area (Å²) in [6.07, 6.45) is 0.868. The predicted molar refractivity (Wildman–Crippen MR) is 91.8 cm³/mol. The number of benzene rings is 1. The molecule has 0 amide bonds. The first-order valence-corrected chi connectivity index (χ1v) is 8.61. The highest BCUT2D eigenvalue weighted by Gasteiger charge is 2.16. The molecule has 3 nitrogen and oxygen atoms in total. The Hall–Kier alpha value is -1.25. The molecule has 1 aromatic carbocycles. The van der Waals surface area contributed by atoms with Gasteiger partial charge in [0.05, 0.1) is 6.04 Å². The number of nitrogens with one attached hydrogen (secondary N) is 1.